The predicted octanol–water partition coefficient (Wildman–Crippen LogP) is 3.58. The number of carbonyl (C=O) groups is 1. The average Bonchev–Trinajstić information content (AvgIpc) is 2.59. The highest BCUT2D eigenvalue weighted by Gasteiger charge is 2.30. The lowest BCUT2D eigenvalue weighted by Crippen LogP contribution is -2.25. The maximum atomic E-state index is 12.7. The second-order valence-electron chi connectivity index (χ2n) is 5.30. The first-order chi connectivity index (χ1) is 11.8. The summed E-state index contributed by atoms with van der Waals surface area (Å²) < 4.78 is 48.6. The Balaban J connectivity index is 2.02. The zero-order valence-electron chi connectivity index (χ0n) is 13.8. The summed E-state index contributed by atoms with van der Waals surface area (Å²) in [5.74, 6) is 0.653. The molecule has 0 aliphatic rings. The van der Waals surface area contributed by atoms with E-state index >= 15 is 0 Å². The van der Waals surface area contributed by atoms with Gasteiger partial charge in [0.1, 0.15) is 0 Å². The van der Waals surface area contributed by atoms with Gasteiger partial charge in [0.05, 0.1) is 26.2 Å². The summed E-state index contributed by atoms with van der Waals surface area (Å²) in [4.78, 5) is 12.0. The summed E-state index contributed by atoms with van der Waals surface area (Å²) in [5.41, 5.74) is 0.233. The lowest BCUT2D eigenvalue weighted by Gasteiger charge is -2.13. The fraction of sp³-hybridized carbons (Fsp3) is 0.278. The Bertz CT molecular complexity index is 745. The third-order valence-corrected chi connectivity index (χ3v) is 3.58. The smallest absolute Gasteiger partial charge is 0.416 e. The van der Waals surface area contributed by atoms with E-state index in [1.165, 1.54) is 26.4 Å². The number of nitrogens with one attached hydrogen (secondary N) is 1. The third-order valence-electron chi connectivity index (χ3n) is 3.58. The molecular weight excluding hydrogens is 335 g/mol. The summed E-state index contributed by atoms with van der Waals surface area (Å²) in [5, 5.41) is 2.68. The molecule has 0 aromatic heterocycles. The first-order valence-electron chi connectivity index (χ1n) is 7.48. The lowest BCUT2D eigenvalue weighted by molar-refractivity contribution is -0.137. The van der Waals surface area contributed by atoms with Crippen LogP contribution < -0.4 is 14.8 Å². The van der Waals surface area contributed by atoms with E-state index in [4.69, 9.17) is 9.47 Å². The Hall–Kier alpha value is -2.70. The molecule has 0 spiro atoms. The summed E-state index contributed by atoms with van der Waals surface area (Å²) in [6.07, 6.45) is -4.57. The van der Waals surface area contributed by atoms with Gasteiger partial charge in [-0.1, -0.05) is 30.3 Å². The van der Waals surface area contributed by atoms with E-state index in [1.54, 1.807) is 18.2 Å². The van der Waals surface area contributed by atoms with Crippen LogP contribution >= 0.6 is 0 Å². The van der Waals surface area contributed by atoms with Crippen LogP contribution in [0, 0.1) is 0 Å². The van der Waals surface area contributed by atoms with Crippen molar-refractivity contribution >= 4 is 5.91 Å². The van der Waals surface area contributed by atoms with Crippen LogP contribution in [0.3, 0.4) is 0 Å². The number of carbonyl (C=O) groups excluding carboxylic acids is 1. The minimum Gasteiger partial charge on any atom is -0.493 e. The topological polar surface area (TPSA) is 47.6 Å². The zero-order chi connectivity index (χ0) is 18.4. The second-order valence-corrected chi connectivity index (χ2v) is 5.30. The van der Waals surface area contributed by atoms with E-state index in [0.29, 0.717) is 22.6 Å². The molecular formula is C18H18F3NO3. The number of benzene rings is 2. The predicted molar refractivity (Wildman–Crippen MR) is 86.5 cm³/mol. The van der Waals surface area contributed by atoms with Crippen LogP contribution in [-0.4, -0.2) is 20.1 Å². The van der Waals surface area contributed by atoms with Gasteiger partial charge < -0.3 is 14.8 Å². The molecule has 1 N–H and O–H groups in total. The molecule has 0 saturated heterocycles. The van der Waals surface area contributed by atoms with Crippen molar-refractivity contribution < 1.29 is 27.4 Å². The van der Waals surface area contributed by atoms with E-state index in [1.807, 2.05) is 0 Å². The first kappa shape index (κ1) is 18.6. The number of hydrogen-bond acceptors (Lipinski definition) is 3. The molecule has 0 bridgehead atoms. The fourth-order valence-corrected chi connectivity index (χ4v) is 2.39. The molecule has 0 radical (unpaired) electrons. The molecule has 2 rings (SSSR count). The zero-order valence-corrected chi connectivity index (χ0v) is 13.8. The highest BCUT2D eigenvalue weighted by molar-refractivity contribution is 5.78. The van der Waals surface area contributed by atoms with E-state index in [-0.39, 0.29) is 18.9 Å². The number of ether oxygens (including phenoxy) is 2. The molecule has 4 nitrogen and oxygen atoms in total. The van der Waals surface area contributed by atoms with Crippen molar-refractivity contribution in [2.75, 3.05) is 14.2 Å². The number of hydrogen-bond donors (Lipinski definition) is 1. The maximum Gasteiger partial charge on any atom is 0.416 e. The van der Waals surface area contributed by atoms with Crippen molar-refractivity contribution in [3.63, 3.8) is 0 Å². The van der Waals surface area contributed by atoms with Gasteiger partial charge in [0.2, 0.25) is 5.91 Å². The van der Waals surface area contributed by atoms with Crippen molar-refractivity contribution in [3.8, 4) is 11.5 Å². The van der Waals surface area contributed by atoms with Crippen LogP contribution in [0.2, 0.25) is 0 Å². The van der Waals surface area contributed by atoms with Crippen LogP contribution in [0.1, 0.15) is 16.7 Å². The molecule has 7 heteroatoms. The SMILES string of the molecule is COc1cccc(CNC(=O)Cc2cccc(C(F)(F)F)c2)c1OC. The molecule has 2 aromatic carbocycles. The monoisotopic (exact) mass is 353 g/mol. The second kappa shape index (κ2) is 7.92. The largest absolute Gasteiger partial charge is 0.493 e. The van der Waals surface area contributed by atoms with Crippen LogP contribution in [0.15, 0.2) is 42.5 Å². The third kappa shape index (κ3) is 4.89. The Morgan fingerprint density at radius 3 is 2.44 bits per heavy atom. The number of halogens is 3. The quantitative estimate of drug-likeness (QED) is 0.864. The number of para-hydroxylation sites is 1. The summed E-state index contributed by atoms with van der Waals surface area (Å²) in [7, 11) is 3.00. The molecule has 0 aliphatic carbocycles. The number of amides is 1. The Labute approximate surface area is 143 Å². The molecule has 25 heavy (non-hydrogen) atoms. The van der Waals surface area contributed by atoms with Gasteiger partial charge in [-0.15, -0.1) is 0 Å². The van der Waals surface area contributed by atoms with Gasteiger partial charge in [0.25, 0.3) is 0 Å². The highest BCUT2D eigenvalue weighted by atomic mass is 19.4. The normalized spacial score (nSPS) is 11.1. The fourth-order valence-electron chi connectivity index (χ4n) is 2.39. The average molecular weight is 353 g/mol. The molecule has 1 amide bonds. The molecule has 0 saturated carbocycles. The molecule has 0 atom stereocenters. The Kier molecular flexibility index (Phi) is 5.90. The first-order valence-corrected chi connectivity index (χ1v) is 7.48. The van der Waals surface area contributed by atoms with Crippen molar-refractivity contribution in [2.24, 2.45) is 0 Å². The number of alkyl halides is 3. The summed E-state index contributed by atoms with van der Waals surface area (Å²) >= 11 is 0. The van der Waals surface area contributed by atoms with Gasteiger partial charge in [0.15, 0.2) is 11.5 Å². The minimum atomic E-state index is -4.43. The molecule has 0 fully saturated rings. The maximum absolute atomic E-state index is 12.7. The van der Waals surface area contributed by atoms with E-state index in [0.717, 1.165) is 12.1 Å². The number of rotatable bonds is 6. The standard InChI is InChI=1S/C18H18F3NO3/c1-24-15-8-4-6-13(17(15)25-2)11-22-16(23)10-12-5-3-7-14(9-12)18(19,20)21/h3-9H,10-11H2,1-2H3,(H,22,23). The van der Waals surface area contributed by atoms with Gasteiger partial charge in [0, 0.05) is 12.1 Å². The van der Waals surface area contributed by atoms with Crippen molar-refractivity contribution in [2.45, 2.75) is 19.1 Å². The van der Waals surface area contributed by atoms with Gasteiger partial charge in [-0.2, -0.15) is 13.2 Å². The Morgan fingerprint density at radius 2 is 1.80 bits per heavy atom. The molecule has 2 aromatic rings. The van der Waals surface area contributed by atoms with Crippen LogP contribution in [0.25, 0.3) is 0 Å². The Morgan fingerprint density at radius 1 is 1.08 bits per heavy atom. The van der Waals surface area contributed by atoms with Crippen LogP contribution in [0.5, 0.6) is 11.5 Å². The summed E-state index contributed by atoms with van der Waals surface area (Å²) in [6.45, 7) is 0.179. The van der Waals surface area contributed by atoms with Crippen molar-refractivity contribution in [1.29, 1.82) is 0 Å². The van der Waals surface area contributed by atoms with Crippen molar-refractivity contribution in [1.82, 2.24) is 5.32 Å². The van der Waals surface area contributed by atoms with Crippen molar-refractivity contribution in [3.05, 3.63) is 59.2 Å². The van der Waals surface area contributed by atoms with E-state index < -0.39 is 11.7 Å². The number of methoxy groups -OCH3 is 2. The van der Waals surface area contributed by atoms with Gasteiger partial charge in [-0.3, -0.25) is 4.79 Å². The minimum absolute atomic E-state index is 0.143. The van der Waals surface area contributed by atoms with Crippen LogP contribution in [0.4, 0.5) is 13.2 Å². The summed E-state index contributed by atoms with van der Waals surface area (Å²) in [6, 6.07) is 9.99. The highest BCUT2D eigenvalue weighted by Crippen LogP contribution is 2.31. The van der Waals surface area contributed by atoms with E-state index in [9.17, 15) is 18.0 Å². The molecule has 0 aliphatic heterocycles. The van der Waals surface area contributed by atoms with Crippen LogP contribution in [-0.2, 0) is 23.9 Å². The van der Waals surface area contributed by atoms with E-state index in [2.05, 4.69) is 5.32 Å². The lowest BCUT2D eigenvalue weighted by atomic mass is 10.1. The van der Waals surface area contributed by atoms with Gasteiger partial charge in [-0.05, 0) is 17.7 Å². The van der Waals surface area contributed by atoms with Gasteiger partial charge in [-0.25, -0.2) is 0 Å². The molecule has 0 unspecified atom stereocenters. The van der Waals surface area contributed by atoms with Gasteiger partial charge >= 0.3 is 6.18 Å². The molecule has 0 heterocycles. The molecule has 134 valence electrons.